The molecule has 0 fully saturated rings. The largest absolute Gasteiger partial charge is 0.456 e. The van der Waals surface area contributed by atoms with Crippen LogP contribution in [0.5, 0.6) is 0 Å². The summed E-state index contributed by atoms with van der Waals surface area (Å²) in [6.07, 6.45) is 0. The number of benzene rings is 11. The first-order chi connectivity index (χ1) is 33.2. The average Bonchev–Trinajstić information content (AvgIpc) is 3.93. The van der Waals surface area contributed by atoms with Gasteiger partial charge >= 0.3 is 0 Å². The number of fused-ring (bicyclic) bond motifs is 7. The van der Waals surface area contributed by atoms with E-state index in [4.69, 9.17) is 4.42 Å². The Morgan fingerprint density at radius 3 is 1.61 bits per heavy atom. The van der Waals surface area contributed by atoms with Gasteiger partial charge < -0.3 is 9.32 Å². The van der Waals surface area contributed by atoms with Crippen LogP contribution in [0.3, 0.4) is 0 Å². The molecule has 67 heavy (non-hydrogen) atoms. The van der Waals surface area contributed by atoms with Crippen LogP contribution in [-0.4, -0.2) is 0 Å². The fraction of sp³-hybridized carbons (Fsp3) is 0.0154. The Morgan fingerprint density at radius 1 is 0.313 bits per heavy atom. The first-order valence-electron chi connectivity index (χ1n) is 23.1. The number of furan rings is 1. The minimum absolute atomic E-state index is 0.548. The molecule has 0 bridgehead atoms. The maximum absolute atomic E-state index is 6.60. The maximum Gasteiger partial charge on any atom is 0.136 e. The first-order valence-corrected chi connectivity index (χ1v) is 23.1. The van der Waals surface area contributed by atoms with Gasteiger partial charge in [-0.3, -0.25) is 0 Å². The summed E-state index contributed by atoms with van der Waals surface area (Å²) in [5.74, 6) is 0. The van der Waals surface area contributed by atoms with E-state index in [-0.39, 0.29) is 0 Å². The lowest BCUT2D eigenvalue weighted by molar-refractivity contribution is 0.669. The van der Waals surface area contributed by atoms with Crippen molar-refractivity contribution in [1.82, 2.24) is 0 Å². The Labute approximate surface area is 390 Å². The highest BCUT2D eigenvalue weighted by Gasteiger charge is 2.46. The molecular formula is C65H43NO. The summed E-state index contributed by atoms with van der Waals surface area (Å²) < 4.78 is 6.60. The summed E-state index contributed by atoms with van der Waals surface area (Å²) in [6, 6.07) is 95.2. The zero-order valence-electron chi connectivity index (χ0n) is 36.7. The molecule has 12 aromatic rings. The molecule has 1 aliphatic rings. The fourth-order valence-electron chi connectivity index (χ4n) is 11.0. The van der Waals surface area contributed by atoms with Gasteiger partial charge in [0.15, 0.2) is 0 Å². The molecule has 0 aliphatic heterocycles. The Hall–Kier alpha value is -8.72. The van der Waals surface area contributed by atoms with Gasteiger partial charge in [0, 0.05) is 27.5 Å². The molecule has 1 aromatic heterocycles. The van der Waals surface area contributed by atoms with Crippen molar-refractivity contribution in [3.8, 4) is 44.5 Å². The molecule has 11 aromatic carbocycles. The Bertz CT molecular complexity index is 3750. The monoisotopic (exact) mass is 853 g/mol. The summed E-state index contributed by atoms with van der Waals surface area (Å²) in [6.45, 7) is 0. The Balaban J connectivity index is 1.06. The summed E-state index contributed by atoms with van der Waals surface area (Å²) in [5, 5.41) is 4.53. The van der Waals surface area contributed by atoms with Crippen molar-refractivity contribution in [2.45, 2.75) is 5.41 Å². The normalized spacial score (nSPS) is 12.6. The van der Waals surface area contributed by atoms with E-state index in [1.165, 1.54) is 50.1 Å². The van der Waals surface area contributed by atoms with Crippen LogP contribution in [0.4, 0.5) is 17.1 Å². The second-order valence-corrected chi connectivity index (χ2v) is 17.6. The van der Waals surface area contributed by atoms with Crippen LogP contribution in [0.2, 0.25) is 0 Å². The van der Waals surface area contributed by atoms with Gasteiger partial charge in [0.2, 0.25) is 0 Å². The third-order valence-corrected chi connectivity index (χ3v) is 13.9. The van der Waals surface area contributed by atoms with Gasteiger partial charge in [-0.15, -0.1) is 0 Å². The Kier molecular flexibility index (Phi) is 9.11. The van der Waals surface area contributed by atoms with Crippen LogP contribution in [0.25, 0.3) is 77.2 Å². The molecule has 1 aliphatic carbocycles. The molecule has 0 amide bonds. The van der Waals surface area contributed by atoms with Gasteiger partial charge in [-0.25, -0.2) is 0 Å². The summed E-state index contributed by atoms with van der Waals surface area (Å²) in [4.78, 5) is 2.47. The minimum atomic E-state index is -0.548. The maximum atomic E-state index is 6.60. The predicted molar refractivity (Wildman–Crippen MR) is 280 cm³/mol. The lowest BCUT2D eigenvalue weighted by atomic mass is 9.67. The quantitative estimate of drug-likeness (QED) is 0.151. The van der Waals surface area contributed by atoms with Crippen molar-refractivity contribution < 1.29 is 4.42 Å². The second kappa shape index (κ2) is 15.8. The molecule has 0 radical (unpaired) electrons. The smallest absolute Gasteiger partial charge is 0.136 e. The van der Waals surface area contributed by atoms with E-state index >= 15 is 0 Å². The number of nitrogens with zero attached hydrogens (tertiary/aromatic N) is 1. The van der Waals surface area contributed by atoms with Crippen LogP contribution >= 0.6 is 0 Å². The van der Waals surface area contributed by atoms with E-state index in [9.17, 15) is 0 Å². The van der Waals surface area contributed by atoms with Crippen molar-refractivity contribution in [3.63, 3.8) is 0 Å². The topological polar surface area (TPSA) is 16.4 Å². The standard InChI is InChI=1S/C65H43NO/c1-4-18-44(19-5-1)46-34-37-52(38-35-46)66(53-26-16-25-51(43-53)65(50-23-8-3-9-24-50)59-31-14-12-28-56(59)57-29-13-15-32-60(57)65)61-42-49(40-48-22-10-11-27-54(48)61)55-30-17-33-63-64(55)58-41-47(36-39-62(58)67-63)45-20-6-2-7-21-45/h1-43H. The lowest BCUT2D eigenvalue weighted by Gasteiger charge is -2.35. The third-order valence-electron chi connectivity index (χ3n) is 13.9. The zero-order valence-corrected chi connectivity index (χ0v) is 36.7. The molecule has 314 valence electrons. The van der Waals surface area contributed by atoms with Crippen LogP contribution in [-0.2, 0) is 5.41 Å². The summed E-state index contributed by atoms with van der Waals surface area (Å²) in [7, 11) is 0. The van der Waals surface area contributed by atoms with Gasteiger partial charge in [-0.2, -0.15) is 0 Å². The SMILES string of the molecule is c1ccc(-c2ccc(N(c3cccc(C4(c5ccccc5)c5ccccc5-c5ccccc54)c3)c3cc(-c4cccc5oc6ccc(-c7ccccc7)cc6c45)cc4ccccc34)cc2)cc1. The van der Waals surface area contributed by atoms with Gasteiger partial charge in [0.1, 0.15) is 11.2 Å². The number of anilines is 3. The van der Waals surface area contributed by atoms with Crippen LogP contribution in [0, 0.1) is 0 Å². The van der Waals surface area contributed by atoms with Gasteiger partial charge in [-0.1, -0.05) is 206 Å². The molecule has 0 spiro atoms. The molecule has 2 nitrogen and oxygen atoms in total. The van der Waals surface area contributed by atoms with Crippen molar-refractivity contribution in [3.05, 3.63) is 283 Å². The van der Waals surface area contributed by atoms with Gasteiger partial charge in [-0.05, 0) is 127 Å². The van der Waals surface area contributed by atoms with Crippen molar-refractivity contribution >= 4 is 49.8 Å². The van der Waals surface area contributed by atoms with E-state index in [2.05, 4.69) is 266 Å². The highest BCUT2D eigenvalue weighted by Crippen LogP contribution is 2.57. The molecule has 1 heterocycles. The van der Waals surface area contributed by atoms with Gasteiger partial charge in [0.05, 0.1) is 11.1 Å². The highest BCUT2D eigenvalue weighted by atomic mass is 16.3. The van der Waals surface area contributed by atoms with Crippen LogP contribution < -0.4 is 4.90 Å². The van der Waals surface area contributed by atoms with Crippen molar-refractivity contribution in [1.29, 1.82) is 0 Å². The third kappa shape index (κ3) is 6.26. The summed E-state index contributed by atoms with van der Waals surface area (Å²) >= 11 is 0. The summed E-state index contributed by atoms with van der Waals surface area (Å²) in [5.41, 5.74) is 19.0. The van der Waals surface area contributed by atoms with E-state index < -0.39 is 5.41 Å². The molecule has 2 heteroatoms. The molecule has 0 saturated carbocycles. The van der Waals surface area contributed by atoms with Crippen LogP contribution in [0.15, 0.2) is 265 Å². The van der Waals surface area contributed by atoms with Gasteiger partial charge in [0.25, 0.3) is 0 Å². The second-order valence-electron chi connectivity index (χ2n) is 17.6. The minimum Gasteiger partial charge on any atom is -0.456 e. The highest BCUT2D eigenvalue weighted by molar-refractivity contribution is 6.15. The molecule has 0 saturated heterocycles. The molecular weight excluding hydrogens is 811 g/mol. The van der Waals surface area contributed by atoms with E-state index in [1.807, 2.05) is 0 Å². The molecule has 0 N–H and O–H groups in total. The fourth-order valence-corrected chi connectivity index (χ4v) is 11.0. The van der Waals surface area contributed by atoms with E-state index in [1.54, 1.807) is 0 Å². The van der Waals surface area contributed by atoms with Crippen LogP contribution in [0.1, 0.15) is 22.3 Å². The van der Waals surface area contributed by atoms with E-state index in [0.29, 0.717) is 0 Å². The number of hydrogen-bond donors (Lipinski definition) is 0. The molecule has 0 atom stereocenters. The number of hydrogen-bond acceptors (Lipinski definition) is 2. The Morgan fingerprint density at radius 2 is 0.881 bits per heavy atom. The van der Waals surface area contributed by atoms with Crippen molar-refractivity contribution in [2.75, 3.05) is 4.90 Å². The number of rotatable bonds is 8. The predicted octanol–water partition coefficient (Wildman–Crippen LogP) is 17.6. The molecule has 13 rings (SSSR count). The molecule has 0 unspecified atom stereocenters. The van der Waals surface area contributed by atoms with Crippen molar-refractivity contribution in [2.24, 2.45) is 0 Å². The van der Waals surface area contributed by atoms with E-state index in [0.717, 1.165) is 66.5 Å². The lowest BCUT2D eigenvalue weighted by Crippen LogP contribution is -2.28. The first kappa shape index (κ1) is 38.7. The average molecular weight is 854 g/mol. The zero-order chi connectivity index (χ0) is 44.3.